The first kappa shape index (κ1) is 14.1. The summed E-state index contributed by atoms with van der Waals surface area (Å²) >= 11 is 1.69. The molecule has 114 valence electrons. The SMILES string of the molecule is O=C(O)CCc1nc2c(o1)-c1ccccc1Sc1ccccc1-2. The van der Waals surface area contributed by atoms with Gasteiger partial charge in [0.1, 0.15) is 5.69 Å². The van der Waals surface area contributed by atoms with E-state index in [2.05, 4.69) is 17.1 Å². The second-order valence-electron chi connectivity index (χ2n) is 5.27. The fourth-order valence-electron chi connectivity index (χ4n) is 2.66. The van der Waals surface area contributed by atoms with Crippen LogP contribution in [-0.4, -0.2) is 16.1 Å². The number of carboxylic acids is 1. The van der Waals surface area contributed by atoms with Crippen LogP contribution < -0.4 is 0 Å². The summed E-state index contributed by atoms with van der Waals surface area (Å²) in [6.45, 7) is 0. The van der Waals surface area contributed by atoms with Crippen LogP contribution in [0.15, 0.2) is 62.7 Å². The van der Waals surface area contributed by atoms with Crippen LogP contribution in [0.1, 0.15) is 12.3 Å². The normalized spacial score (nSPS) is 12.0. The molecule has 23 heavy (non-hydrogen) atoms. The molecule has 0 saturated heterocycles. The zero-order valence-corrected chi connectivity index (χ0v) is 13.0. The van der Waals surface area contributed by atoms with Crippen LogP contribution in [0.2, 0.25) is 0 Å². The minimum Gasteiger partial charge on any atom is -0.481 e. The van der Waals surface area contributed by atoms with Gasteiger partial charge in [0.25, 0.3) is 0 Å². The Bertz CT molecular complexity index is 838. The topological polar surface area (TPSA) is 63.3 Å². The number of hydrogen-bond acceptors (Lipinski definition) is 4. The van der Waals surface area contributed by atoms with E-state index in [0.717, 1.165) is 32.4 Å². The van der Waals surface area contributed by atoms with Gasteiger partial charge in [0.2, 0.25) is 0 Å². The molecule has 2 aromatic carbocycles. The van der Waals surface area contributed by atoms with Crippen molar-refractivity contribution in [3.63, 3.8) is 0 Å². The lowest BCUT2D eigenvalue weighted by Crippen LogP contribution is -1.97. The van der Waals surface area contributed by atoms with Gasteiger partial charge >= 0.3 is 5.97 Å². The summed E-state index contributed by atoms with van der Waals surface area (Å²) < 4.78 is 5.93. The lowest BCUT2D eigenvalue weighted by Gasteiger charge is -2.04. The number of aryl methyl sites for hydroxylation is 1. The van der Waals surface area contributed by atoms with Gasteiger partial charge in [0.05, 0.1) is 6.42 Å². The van der Waals surface area contributed by atoms with Gasteiger partial charge in [-0.25, -0.2) is 4.98 Å². The first-order valence-electron chi connectivity index (χ1n) is 7.30. The molecule has 5 heteroatoms. The molecule has 0 aliphatic carbocycles. The van der Waals surface area contributed by atoms with Crippen LogP contribution in [-0.2, 0) is 11.2 Å². The van der Waals surface area contributed by atoms with Gasteiger partial charge in [-0.2, -0.15) is 0 Å². The van der Waals surface area contributed by atoms with Crippen molar-refractivity contribution in [1.29, 1.82) is 0 Å². The Kier molecular flexibility index (Phi) is 3.42. The Morgan fingerprint density at radius 1 is 1.04 bits per heavy atom. The van der Waals surface area contributed by atoms with Gasteiger partial charge < -0.3 is 9.52 Å². The van der Waals surface area contributed by atoms with E-state index in [0.29, 0.717) is 12.3 Å². The maximum absolute atomic E-state index is 10.8. The monoisotopic (exact) mass is 323 g/mol. The molecular weight excluding hydrogens is 310 g/mol. The van der Waals surface area contributed by atoms with E-state index in [1.807, 2.05) is 36.4 Å². The van der Waals surface area contributed by atoms with Crippen molar-refractivity contribution >= 4 is 17.7 Å². The highest BCUT2D eigenvalue weighted by Gasteiger charge is 2.25. The molecule has 1 N–H and O–H groups in total. The Morgan fingerprint density at radius 2 is 1.70 bits per heavy atom. The molecule has 0 saturated carbocycles. The molecule has 1 aliphatic heterocycles. The quantitative estimate of drug-likeness (QED) is 0.602. The summed E-state index contributed by atoms with van der Waals surface area (Å²) in [5.74, 6) is 0.335. The number of aliphatic carboxylic acids is 1. The third-order valence-electron chi connectivity index (χ3n) is 3.72. The molecule has 3 aromatic rings. The average Bonchev–Trinajstić information content (AvgIpc) is 2.93. The molecule has 4 nitrogen and oxygen atoms in total. The molecule has 4 rings (SSSR count). The Morgan fingerprint density at radius 3 is 2.43 bits per heavy atom. The van der Waals surface area contributed by atoms with Gasteiger partial charge in [0.15, 0.2) is 11.7 Å². The third-order valence-corrected chi connectivity index (χ3v) is 4.87. The van der Waals surface area contributed by atoms with Crippen molar-refractivity contribution in [3.05, 3.63) is 54.4 Å². The molecule has 0 amide bonds. The van der Waals surface area contributed by atoms with Crippen LogP contribution in [0.5, 0.6) is 0 Å². The van der Waals surface area contributed by atoms with Crippen molar-refractivity contribution in [1.82, 2.24) is 4.98 Å². The van der Waals surface area contributed by atoms with Gasteiger partial charge in [-0.05, 0) is 12.1 Å². The van der Waals surface area contributed by atoms with Crippen molar-refractivity contribution in [3.8, 4) is 22.6 Å². The summed E-state index contributed by atoms with van der Waals surface area (Å²) in [7, 11) is 0. The molecule has 0 unspecified atom stereocenters. The number of carbonyl (C=O) groups is 1. The number of hydrogen-bond donors (Lipinski definition) is 1. The van der Waals surface area contributed by atoms with E-state index in [-0.39, 0.29) is 6.42 Å². The number of oxazole rings is 1. The Labute approximate surface area is 137 Å². The minimum absolute atomic E-state index is 0.0113. The minimum atomic E-state index is -0.852. The summed E-state index contributed by atoms with van der Waals surface area (Å²) in [4.78, 5) is 17.6. The molecule has 2 heterocycles. The first-order chi connectivity index (χ1) is 11.2. The lowest BCUT2D eigenvalue weighted by molar-refractivity contribution is -0.137. The van der Waals surface area contributed by atoms with Crippen LogP contribution in [0.3, 0.4) is 0 Å². The van der Waals surface area contributed by atoms with E-state index >= 15 is 0 Å². The molecular formula is C18H13NO3S. The number of aromatic nitrogens is 1. The predicted molar refractivity (Wildman–Crippen MR) is 87.5 cm³/mol. The van der Waals surface area contributed by atoms with Crippen LogP contribution >= 0.6 is 11.8 Å². The van der Waals surface area contributed by atoms with Gasteiger partial charge in [-0.3, -0.25) is 4.79 Å². The number of rotatable bonds is 3. The highest BCUT2D eigenvalue weighted by atomic mass is 32.2. The summed E-state index contributed by atoms with van der Waals surface area (Å²) in [6, 6.07) is 16.1. The maximum Gasteiger partial charge on any atom is 0.303 e. The third kappa shape index (κ3) is 2.53. The molecule has 1 aliphatic rings. The van der Waals surface area contributed by atoms with E-state index in [1.165, 1.54) is 0 Å². The summed E-state index contributed by atoms with van der Waals surface area (Å²) in [5.41, 5.74) is 2.81. The smallest absolute Gasteiger partial charge is 0.303 e. The highest BCUT2D eigenvalue weighted by Crippen LogP contribution is 2.47. The molecule has 0 spiro atoms. The van der Waals surface area contributed by atoms with Crippen LogP contribution in [0.4, 0.5) is 0 Å². The Hall–Kier alpha value is -2.53. The number of fused-ring (bicyclic) bond motifs is 5. The largest absolute Gasteiger partial charge is 0.481 e. The van der Waals surface area contributed by atoms with Gasteiger partial charge in [-0.1, -0.05) is 48.2 Å². The molecule has 0 fully saturated rings. The lowest BCUT2D eigenvalue weighted by atomic mass is 10.1. The van der Waals surface area contributed by atoms with Gasteiger partial charge in [0, 0.05) is 27.3 Å². The summed E-state index contributed by atoms with van der Waals surface area (Å²) in [6.07, 6.45) is 0.303. The number of carboxylic acid groups (broad SMARTS) is 1. The van der Waals surface area contributed by atoms with E-state index in [1.54, 1.807) is 11.8 Å². The highest BCUT2D eigenvalue weighted by molar-refractivity contribution is 7.99. The van der Waals surface area contributed by atoms with E-state index < -0.39 is 5.97 Å². The first-order valence-corrected chi connectivity index (χ1v) is 8.12. The summed E-state index contributed by atoms with van der Waals surface area (Å²) in [5, 5.41) is 8.87. The van der Waals surface area contributed by atoms with Crippen LogP contribution in [0, 0.1) is 0 Å². The molecule has 0 atom stereocenters. The molecule has 0 radical (unpaired) electrons. The van der Waals surface area contributed by atoms with Crippen molar-refractivity contribution in [2.45, 2.75) is 22.6 Å². The second kappa shape index (κ2) is 5.59. The fourth-order valence-corrected chi connectivity index (χ4v) is 3.74. The standard InChI is InChI=1S/C18H13NO3S/c20-16(21)10-9-15-19-17-11-5-1-3-7-13(11)23-14-8-4-2-6-12(14)18(17)22-15/h1-8H,9-10H2,(H,20,21). The zero-order chi connectivity index (χ0) is 15.8. The second-order valence-corrected chi connectivity index (χ2v) is 6.36. The zero-order valence-electron chi connectivity index (χ0n) is 12.2. The van der Waals surface area contributed by atoms with Crippen molar-refractivity contribution in [2.75, 3.05) is 0 Å². The predicted octanol–water partition coefficient (Wildman–Crippen LogP) is 4.49. The average molecular weight is 323 g/mol. The molecule has 1 aromatic heterocycles. The number of benzene rings is 2. The van der Waals surface area contributed by atoms with Crippen molar-refractivity contribution < 1.29 is 14.3 Å². The number of nitrogens with zero attached hydrogens (tertiary/aromatic N) is 1. The van der Waals surface area contributed by atoms with Gasteiger partial charge in [-0.15, -0.1) is 0 Å². The molecule has 0 bridgehead atoms. The Balaban J connectivity index is 1.90. The van der Waals surface area contributed by atoms with E-state index in [4.69, 9.17) is 9.52 Å². The maximum atomic E-state index is 10.8. The van der Waals surface area contributed by atoms with Crippen LogP contribution in [0.25, 0.3) is 22.6 Å². The van der Waals surface area contributed by atoms with Crippen molar-refractivity contribution in [2.24, 2.45) is 0 Å². The van der Waals surface area contributed by atoms with E-state index in [9.17, 15) is 4.79 Å². The fraction of sp³-hybridized carbons (Fsp3) is 0.111.